The topological polar surface area (TPSA) is 177 Å². The lowest BCUT2D eigenvalue weighted by Crippen LogP contribution is -2.24. The molecule has 4 rings (SSSR count). The van der Waals surface area contributed by atoms with E-state index in [2.05, 4.69) is 79.5 Å². The van der Waals surface area contributed by atoms with Crippen molar-refractivity contribution in [3.8, 4) is 11.5 Å². The number of nitrogen functional groups attached to an aromatic ring is 1. The number of benzene rings is 4. The van der Waals surface area contributed by atoms with Gasteiger partial charge in [-0.25, -0.2) is 0 Å². The van der Waals surface area contributed by atoms with Crippen LogP contribution in [0.5, 0.6) is 11.5 Å². The van der Waals surface area contributed by atoms with Gasteiger partial charge in [0.1, 0.15) is 22.9 Å². The maximum Gasteiger partial charge on any atom is 0.296 e. The van der Waals surface area contributed by atoms with Crippen molar-refractivity contribution in [3.05, 3.63) is 122 Å². The Morgan fingerprint density at radius 2 is 1.02 bits per heavy atom. The number of phenolic OH excluding ortho intramolecular Hbond substituents is 2. The van der Waals surface area contributed by atoms with Gasteiger partial charge in [0.15, 0.2) is 5.69 Å². The number of aromatic hydroxyl groups is 2. The van der Waals surface area contributed by atoms with Crippen molar-refractivity contribution in [1.82, 2.24) is 0 Å². The predicted molar refractivity (Wildman–Crippen MR) is 205 cm³/mol. The Balaban J connectivity index is 0.000000302. The number of phenols is 2. The van der Waals surface area contributed by atoms with Gasteiger partial charge in [0, 0.05) is 12.1 Å². The van der Waals surface area contributed by atoms with Crippen LogP contribution in [0.1, 0.15) is 93.2 Å². The van der Waals surface area contributed by atoms with Crippen LogP contribution in [-0.2, 0) is 10.8 Å². The normalized spacial score (nSPS) is 12.0. The van der Waals surface area contributed by atoms with E-state index in [1.807, 2.05) is 18.2 Å². The smallest absolute Gasteiger partial charge is 0.296 e. The third-order valence-electron chi connectivity index (χ3n) is 7.83. The molecule has 4 aromatic rings. The number of rotatable bonds is 8. The molecular weight excluding hydrogens is 646 g/mol. The molecule has 0 radical (unpaired) electrons. The number of nitro groups is 2. The summed E-state index contributed by atoms with van der Waals surface area (Å²) >= 11 is 0. The van der Waals surface area contributed by atoms with Gasteiger partial charge < -0.3 is 15.9 Å². The molecule has 274 valence electrons. The Morgan fingerprint density at radius 1 is 0.588 bits per heavy atom. The average molecular weight is 700 g/mol. The number of nitrogens with two attached hydrogens (primary N) is 1. The molecule has 4 aromatic carbocycles. The maximum absolute atomic E-state index is 11.1. The van der Waals surface area contributed by atoms with Crippen LogP contribution in [0.15, 0.2) is 101 Å². The summed E-state index contributed by atoms with van der Waals surface area (Å²) in [5, 5.41) is 48.6. The van der Waals surface area contributed by atoms with Crippen LogP contribution in [-0.4, -0.2) is 20.1 Å². The number of nitrogens with zero attached hydrogens (tertiary/aromatic N) is 4. The Labute approximate surface area is 301 Å². The zero-order valence-corrected chi connectivity index (χ0v) is 31.5. The first-order valence-electron chi connectivity index (χ1n) is 16.7. The molecular formula is C40H53N5O6. The molecule has 0 aliphatic carbocycles. The second-order valence-electron chi connectivity index (χ2n) is 16.3. The van der Waals surface area contributed by atoms with Crippen molar-refractivity contribution in [2.45, 2.75) is 92.9 Å². The highest BCUT2D eigenvalue weighted by atomic mass is 16.6. The second-order valence-corrected chi connectivity index (χ2v) is 16.3. The van der Waals surface area contributed by atoms with Crippen LogP contribution in [0.25, 0.3) is 0 Å². The van der Waals surface area contributed by atoms with Crippen LogP contribution in [0.3, 0.4) is 0 Å². The highest BCUT2D eigenvalue weighted by Crippen LogP contribution is 2.40. The van der Waals surface area contributed by atoms with E-state index in [9.17, 15) is 30.4 Å². The first-order valence-corrected chi connectivity index (χ1v) is 16.7. The molecule has 0 spiro atoms. The number of hydrogen-bond donors (Lipinski definition) is 3. The van der Waals surface area contributed by atoms with Gasteiger partial charge in [-0.05, 0) is 82.0 Å². The Morgan fingerprint density at radius 3 is 1.49 bits per heavy atom. The van der Waals surface area contributed by atoms with Gasteiger partial charge in [-0.15, -0.1) is 10.2 Å². The van der Waals surface area contributed by atoms with Crippen molar-refractivity contribution < 1.29 is 20.1 Å². The van der Waals surface area contributed by atoms with Gasteiger partial charge >= 0.3 is 0 Å². The third-order valence-corrected chi connectivity index (χ3v) is 7.83. The minimum absolute atomic E-state index is 0.0114. The highest BCUT2D eigenvalue weighted by Gasteiger charge is 2.28. The molecule has 0 bridgehead atoms. The summed E-state index contributed by atoms with van der Waals surface area (Å²) in [4.78, 5) is 20.2. The first kappa shape index (κ1) is 41.8. The SMILES string of the molecule is CC(C)(C)CC(C)(C)c1ccc(O)c(N=Nc2ccccc2[N+](=O)[O-])c1.CC(C)(C)CC(C)(C)c1ccc(O)cc1.Nc1ccccc1[N+](=O)[O-]. The molecule has 0 fully saturated rings. The monoisotopic (exact) mass is 699 g/mol. The number of para-hydroxylation sites is 3. The average Bonchev–Trinajstić information content (AvgIpc) is 2.99. The summed E-state index contributed by atoms with van der Waals surface area (Å²) in [6.45, 7) is 22.1. The minimum Gasteiger partial charge on any atom is -0.508 e. The lowest BCUT2D eigenvalue weighted by atomic mass is 9.72. The fraction of sp³-hybridized carbons (Fsp3) is 0.400. The summed E-state index contributed by atoms with van der Waals surface area (Å²) in [5.74, 6) is 0.327. The highest BCUT2D eigenvalue weighted by molar-refractivity contribution is 5.59. The van der Waals surface area contributed by atoms with Crippen molar-refractivity contribution in [3.63, 3.8) is 0 Å². The molecule has 0 saturated heterocycles. The van der Waals surface area contributed by atoms with E-state index in [1.165, 1.54) is 29.8 Å². The van der Waals surface area contributed by atoms with Crippen molar-refractivity contribution in [2.24, 2.45) is 21.1 Å². The molecule has 0 aliphatic heterocycles. The summed E-state index contributed by atoms with van der Waals surface area (Å²) in [6, 6.07) is 25.0. The van der Waals surface area contributed by atoms with E-state index >= 15 is 0 Å². The fourth-order valence-corrected chi connectivity index (χ4v) is 6.26. The van der Waals surface area contributed by atoms with E-state index in [0.29, 0.717) is 16.9 Å². The second kappa shape index (κ2) is 17.1. The molecule has 0 heterocycles. The molecule has 0 saturated carbocycles. The zero-order valence-electron chi connectivity index (χ0n) is 31.5. The largest absolute Gasteiger partial charge is 0.508 e. The van der Waals surface area contributed by atoms with E-state index < -0.39 is 9.85 Å². The van der Waals surface area contributed by atoms with Crippen molar-refractivity contribution in [2.75, 3.05) is 5.73 Å². The van der Waals surface area contributed by atoms with Crippen LogP contribution >= 0.6 is 0 Å². The summed E-state index contributed by atoms with van der Waals surface area (Å²) in [6.07, 6.45) is 2.08. The molecule has 4 N–H and O–H groups in total. The third kappa shape index (κ3) is 13.8. The molecule has 11 heteroatoms. The van der Waals surface area contributed by atoms with E-state index in [0.717, 1.165) is 18.4 Å². The van der Waals surface area contributed by atoms with Gasteiger partial charge in [-0.1, -0.05) is 112 Å². The van der Waals surface area contributed by atoms with E-state index in [-0.39, 0.29) is 44.7 Å². The number of nitro benzene ring substituents is 2. The molecule has 0 amide bonds. The Bertz CT molecular complexity index is 1800. The number of azo groups is 1. The maximum atomic E-state index is 11.1. The molecule has 0 unspecified atom stereocenters. The minimum atomic E-state index is -0.505. The van der Waals surface area contributed by atoms with E-state index in [1.54, 1.807) is 48.5 Å². The number of anilines is 1. The predicted octanol–water partition coefficient (Wildman–Crippen LogP) is 11.7. The van der Waals surface area contributed by atoms with Crippen LogP contribution in [0.2, 0.25) is 0 Å². The number of hydrogen-bond acceptors (Lipinski definition) is 9. The Hall–Kier alpha value is -5.32. The lowest BCUT2D eigenvalue weighted by Gasteiger charge is -2.33. The van der Waals surface area contributed by atoms with Gasteiger partial charge in [-0.2, -0.15) is 0 Å². The van der Waals surface area contributed by atoms with Crippen LogP contribution in [0.4, 0.5) is 28.4 Å². The van der Waals surface area contributed by atoms with Gasteiger partial charge in [0.25, 0.3) is 11.4 Å². The fourth-order valence-electron chi connectivity index (χ4n) is 6.26. The standard InChI is InChI=1S/C20H25N3O3.C14H22O.C6H6N2O2/c1-19(2,3)13-20(4,5)14-10-11-18(24)16(12-14)22-21-15-8-6-7-9-17(15)23(25)26;1-13(2,3)10-14(4,5)11-6-8-12(15)9-7-11;7-5-3-1-2-4-6(5)8(9)10/h6-12,24H,13H2,1-5H3;6-9,15H,10H2,1-5H3;1-4H,7H2. The molecule has 51 heavy (non-hydrogen) atoms. The molecule has 11 nitrogen and oxygen atoms in total. The summed E-state index contributed by atoms with van der Waals surface area (Å²) in [7, 11) is 0. The van der Waals surface area contributed by atoms with Gasteiger partial charge in [0.05, 0.1) is 9.85 Å². The van der Waals surface area contributed by atoms with Crippen molar-refractivity contribution >= 4 is 28.4 Å². The van der Waals surface area contributed by atoms with E-state index in [4.69, 9.17) is 5.73 Å². The van der Waals surface area contributed by atoms with Crippen molar-refractivity contribution in [1.29, 1.82) is 0 Å². The first-order chi connectivity index (χ1) is 23.4. The zero-order chi connectivity index (χ0) is 38.8. The molecule has 0 aliphatic rings. The van der Waals surface area contributed by atoms with Crippen LogP contribution < -0.4 is 5.73 Å². The van der Waals surface area contributed by atoms with Crippen LogP contribution in [0, 0.1) is 31.1 Å². The van der Waals surface area contributed by atoms with Gasteiger partial charge in [0.2, 0.25) is 0 Å². The molecule has 0 atom stereocenters. The molecule has 0 aromatic heterocycles. The quantitative estimate of drug-likeness (QED) is 0.0708. The lowest BCUT2D eigenvalue weighted by molar-refractivity contribution is -0.384. The summed E-state index contributed by atoms with van der Waals surface area (Å²) < 4.78 is 0. The van der Waals surface area contributed by atoms with Gasteiger partial charge in [-0.3, -0.25) is 20.2 Å². The summed E-state index contributed by atoms with van der Waals surface area (Å²) in [5.41, 5.74) is 8.59. The Kier molecular flexibility index (Phi) is 14.0.